The smallest absolute Gasteiger partial charge is 0.255 e. The molecular weight excluding hydrogens is 256 g/mol. The zero-order valence-electron chi connectivity index (χ0n) is 6.57. The predicted octanol–water partition coefficient (Wildman–Crippen LogP) is 1.73. The molecule has 1 rings (SSSR count). The highest BCUT2D eigenvalue weighted by Gasteiger charge is 2.04. The molecule has 0 aliphatic heterocycles. The highest BCUT2D eigenvalue weighted by atomic mass is 79.9. The molecule has 0 radical (unpaired) electrons. The third kappa shape index (κ3) is 3.16. The molecule has 4 nitrogen and oxygen atoms in total. The summed E-state index contributed by atoms with van der Waals surface area (Å²) >= 11 is 3.19. The van der Waals surface area contributed by atoms with Gasteiger partial charge in [0, 0.05) is 16.1 Å². The quantitative estimate of drug-likeness (QED) is 0.903. The lowest BCUT2D eigenvalue weighted by Crippen LogP contribution is -2.09. The standard InChI is InChI=1S/C7H7BrN2O2S/c1-2-13(11,12)10-7-5-6(8)3-4-9-7/h2-5H,1H2,(H,9,10). The van der Waals surface area contributed by atoms with Gasteiger partial charge in [-0.25, -0.2) is 13.4 Å². The molecule has 1 N–H and O–H groups in total. The normalized spacial score (nSPS) is 10.8. The molecule has 0 spiro atoms. The number of pyridine rings is 1. The number of hydrogen-bond acceptors (Lipinski definition) is 3. The molecule has 0 aromatic carbocycles. The maximum absolute atomic E-state index is 11.0. The van der Waals surface area contributed by atoms with E-state index in [1.54, 1.807) is 12.1 Å². The van der Waals surface area contributed by atoms with Crippen molar-refractivity contribution in [1.29, 1.82) is 0 Å². The Morgan fingerprint density at radius 3 is 2.85 bits per heavy atom. The lowest BCUT2D eigenvalue weighted by molar-refractivity contribution is 0.609. The molecule has 0 aliphatic rings. The van der Waals surface area contributed by atoms with Gasteiger partial charge in [0.15, 0.2) is 0 Å². The first kappa shape index (κ1) is 10.2. The summed E-state index contributed by atoms with van der Waals surface area (Å²) in [7, 11) is -3.46. The van der Waals surface area contributed by atoms with E-state index >= 15 is 0 Å². The number of halogens is 1. The van der Waals surface area contributed by atoms with Gasteiger partial charge in [0.05, 0.1) is 0 Å². The first-order chi connectivity index (χ1) is 6.03. The van der Waals surface area contributed by atoms with Gasteiger partial charge in [0.1, 0.15) is 5.82 Å². The van der Waals surface area contributed by atoms with E-state index in [0.29, 0.717) is 0 Å². The van der Waals surface area contributed by atoms with Crippen LogP contribution < -0.4 is 4.72 Å². The topological polar surface area (TPSA) is 59.1 Å². The first-order valence-electron chi connectivity index (χ1n) is 3.30. The summed E-state index contributed by atoms with van der Waals surface area (Å²) in [5.41, 5.74) is 0. The van der Waals surface area contributed by atoms with Gasteiger partial charge in [-0.1, -0.05) is 22.5 Å². The van der Waals surface area contributed by atoms with Gasteiger partial charge in [-0.15, -0.1) is 0 Å². The largest absolute Gasteiger partial charge is 0.264 e. The Morgan fingerprint density at radius 1 is 1.62 bits per heavy atom. The zero-order chi connectivity index (χ0) is 9.90. The average molecular weight is 263 g/mol. The SMILES string of the molecule is C=CS(=O)(=O)Nc1cc(Br)ccn1. The van der Waals surface area contributed by atoms with Crippen LogP contribution in [0.15, 0.2) is 34.8 Å². The van der Waals surface area contributed by atoms with Crippen molar-refractivity contribution in [1.82, 2.24) is 4.98 Å². The van der Waals surface area contributed by atoms with E-state index in [1.165, 1.54) is 6.20 Å². The van der Waals surface area contributed by atoms with Crippen LogP contribution in [0.25, 0.3) is 0 Å². The highest BCUT2D eigenvalue weighted by Crippen LogP contribution is 2.13. The first-order valence-corrected chi connectivity index (χ1v) is 5.64. The zero-order valence-corrected chi connectivity index (χ0v) is 8.97. The minimum atomic E-state index is -3.46. The van der Waals surface area contributed by atoms with E-state index in [4.69, 9.17) is 0 Å². The van der Waals surface area contributed by atoms with Crippen molar-refractivity contribution < 1.29 is 8.42 Å². The number of aromatic nitrogens is 1. The van der Waals surface area contributed by atoms with Crippen LogP contribution in [0.2, 0.25) is 0 Å². The molecule has 0 saturated heterocycles. The van der Waals surface area contributed by atoms with Crippen molar-refractivity contribution >= 4 is 31.8 Å². The maximum Gasteiger partial charge on any atom is 0.255 e. The van der Waals surface area contributed by atoms with Crippen molar-refractivity contribution in [2.45, 2.75) is 0 Å². The van der Waals surface area contributed by atoms with Crippen LogP contribution >= 0.6 is 15.9 Å². The summed E-state index contributed by atoms with van der Waals surface area (Å²) < 4.78 is 25.0. The lowest BCUT2D eigenvalue weighted by atomic mass is 10.5. The van der Waals surface area contributed by atoms with Crippen LogP contribution in [0.5, 0.6) is 0 Å². The van der Waals surface area contributed by atoms with Crippen molar-refractivity contribution in [3.8, 4) is 0 Å². The van der Waals surface area contributed by atoms with Crippen molar-refractivity contribution in [2.75, 3.05) is 4.72 Å². The Hall–Kier alpha value is -0.880. The maximum atomic E-state index is 11.0. The summed E-state index contributed by atoms with van der Waals surface area (Å²) in [6.07, 6.45) is 1.49. The van der Waals surface area contributed by atoms with Gasteiger partial charge in [0.2, 0.25) is 0 Å². The Balaban J connectivity index is 2.93. The minimum absolute atomic E-state index is 0.259. The molecule has 0 atom stereocenters. The Morgan fingerprint density at radius 2 is 2.31 bits per heavy atom. The van der Waals surface area contributed by atoms with Gasteiger partial charge < -0.3 is 0 Å². The molecule has 0 unspecified atom stereocenters. The molecule has 1 aromatic heterocycles. The third-order valence-electron chi connectivity index (χ3n) is 1.19. The van der Waals surface area contributed by atoms with Gasteiger partial charge >= 0.3 is 0 Å². The van der Waals surface area contributed by atoms with Crippen LogP contribution in [0.4, 0.5) is 5.82 Å². The second-order valence-corrected chi connectivity index (χ2v) is 4.72. The molecule has 13 heavy (non-hydrogen) atoms. The Labute approximate surface area is 84.9 Å². The molecule has 1 aromatic rings. The monoisotopic (exact) mass is 262 g/mol. The predicted molar refractivity (Wildman–Crippen MR) is 54.7 cm³/mol. The summed E-state index contributed by atoms with van der Waals surface area (Å²) in [6, 6.07) is 3.26. The number of sulfonamides is 1. The van der Waals surface area contributed by atoms with Gasteiger partial charge in [-0.05, 0) is 12.1 Å². The van der Waals surface area contributed by atoms with E-state index in [9.17, 15) is 8.42 Å². The molecule has 0 aliphatic carbocycles. The number of anilines is 1. The second kappa shape index (κ2) is 3.89. The summed E-state index contributed by atoms with van der Waals surface area (Å²) in [5.74, 6) is 0.259. The Bertz CT molecular complexity index is 416. The van der Waals surface area contributed by atoms with E-state index in [1.807, 2.05) is 0 Å². The fourth-order valence-electron chi connectivity index (χ4n) is 0.648. The fraction of sp³-hybridized carbons (Fsp3) is 0. The van der Waals surface area contributed by atoms with Gasteiger partial charge in [-0.3, -0.25) is 4.72 Å². The molecule has 70 valence electrons. The third-order valence-corrected chi connectivity index (χ3v) is 2.61. The molecule has 1 heterocycles. The van der Waals surface area contributed by atoms with E-state index in [-0.39, 0.29) is 5.82 Å². The summed E-state index contributed by atoms with van der Waals surface area (Å²) in [5, 5.41) is 0.829. The van der Waals surface area contributed by atoms with Crippen molar-refractivity contribution in [3.05, 3.63) is 34.8 Å². The van der Waals surface area contributed by atoms with Crippen molar-refractivity contribution in [3.63, 3.8) is 0 Å². The molecule has 0 saturated carbocycles. The molecular formula is C7H7BrN2O2S. The van der Waals surface area contributed by atoms with Crippen LogP contribution in [-0.4, -0.2) is 13.4 Å². The van der Waals surface area contributed by atoms with E-state index in [0.717, 1.165) is 9.88 Å². The van der Waals surface area contributed by atoms with Crippen LogP contribution in [0, 0.1) is 0 Å². The molecule has 0 amide bonds. The highest BCUT2D eigenvalue weighted by molar-refractivity contribution is 9.10. The van der Waals surface area contributed by atoms with Crippen LogP contribution in [0.3, 0.4) is 0 Å². The lowest BCUT2D eigenvalue weighted by Gasteiger charge is -2.02. The number of nitrogens with zero attached hydrogens (tertiary/aromatic N) is 1. The number of nitrogens with one attached hydrogen (secondary N) is 1. The summed E-state index contributed by atoms with van der Waals surface area (Å²) in [4.78, 5) is 3.80. The average Bonchev–Trinajstić information content (AvgIpc) is 2.03. The number of rotatable bonds is 3. The molecule has 0 bridgehead atoms. The van der Waals surface area contributed by atoms with Gasteiger partial charge in [0.25, 0.3) is 10.0 Å². The minimum Gasteiger partial charge on any atom is -0.264 e. The number of hydrogen-bond donors (Lipinski definition) is 1. The summed E-state index contributed by atoms with van der Waals surface area (Å²) in [6.45, 7) is 3.16. The van der Waals surface area contributed by atoms with Gasteiger partial charge in [-0.2, -0.15) is 0 Å². The van der Waals surface area contributed by atoms with E-state index < -0.39 is 10.0 Å². The molecule has 0 fully saturated rings. The van der Waals surface area contributed by atoms with Crippen molar-refractivity contribution in [2.24, 2.45) is 0 Å². The Kier molecular flexibility index (Phi) is 3.05. The second-order valence-electron chi connectivity index (χ2n) is 2.17. The fourth-order valence-corrected chi connectivity index (χ4v) is 1.47. The van der Waals surface area contributed by atoms with Crippen LogP contribution in [-0.2, 0) is 10.0 Å². The van der Waals surface area contributed by atoms with E-state index in [2.05, 4.69) is 32.2 Å². The molecule has 6 heteroatoms. The van der Waals surface area contributed by atoms with Crippen LogP contribution in [0.1, 0.15) is 0 Å².